The Hall–Kier alpha value is -1.79. The van der Waals surface area contributed by atoms with E-state index in [9.17, 15) is 14.4 Å². The summed E-state index contributed by atoms with van der Waals surface area (Å²) in [5.41, 5.74) is -1.34. The van der Waals surface area contributed by atoms with Crippen LogP contribution >= 0.6 is 0 Å². The maximum absolute atomic E-state index is 11.4. The fourth-order valence-corrected chi connectivity index (χ4v) is 1.08. The van der Waals surface area contributed by atoms with E-state index in [4.69, 9.17) is 5.11 Å². The molecule has 19 heavy (non-hydrogen) atoms. The third-order valence-corrected chi connectivity index (χ3v) is 2.31. The molecule has 0 radical (unpaired) electrons. The van der Waals surface area contributed by atoms with E-state index in [1.807, 2.05) is 13.8 Å². The molecule has 0 aromatic rings. The summed E-state index contributed by atoms with van der Waals surface area (Å²) < 4.78 is 0. The zero-order valence-corrected chi connectivity index (χ0v) is 11.9. The highest BCUT2D eigenvalue weighted by atomic mass is 16.4. The Bertz CT molecular complexity index is 340. The molecule has 3 amide bonds. The van der Waals surface area contributed by atoms with Gasteiger partial charge >= 0.3 is 12.0 Å². The predicted molar refractivity (Wildman–Crippen MR) is 70.7 cm³/mol. The summed E-state index contributed by atoms with van der Waals surface area (Å²) in [7, 11) is 0. The first-order chi connectivity index (χ1) is 8.65. The van der Waals surface area contributed by atoms with Gasteiger partial charge in [0.15, 0.2) is 0 Å². The van der Waals surface area contributed by atoms with E-state index in [-0.39, 0.29) is 18.9 Å². The topological polar surface area (TPSA) is 108 Å². The molecule has 0 aliphatic rings. The van der Waals surface area contributed by atoms with E-state index in [0.29, 0.717) is 12.5 Å². The van der Waals surface area contributed by atoms with E-state index in [2.05, 4.69) is 16.0 Å². The lowest BCUT2D eigenvalue weighted by Crippen LogP contribution is -2.53. The van der Waals surface area contributed by atoms with E-state index >= 15 is 0 Å². The number of rotatable bonds is 7. The molecule has 4 N–H and O–H groups in total. The Balaban J connectivity index is 3.87. The van der Waals surface area contributed by atoms with Crippen LogP contribution in [0.2, 0.25) is 0 Å². The van der Waals surface area contributed by atoms with Gasteiger partial charge in [-0.15, -0.1) is 0 Å². The van der Waals surface area contributed by atoms with Crippen LogP contribution in [0.25, 0.3) is 0 Å². The number of nitrogens with one attached hydrogen (secondary N) is 3. The van der Waals surface area contributed by atoms with Crippen LogP contribution in [0.5, 0.6) is 0 Å². The maximum Gasteiger partial charge on any atom is 0.328 e. The summed E-state index contributed by atoms with van der Waals surface area (Å²) >= 11 is 0. The third kappa shape index (κ3) is 8.01. The second-order valence-electron chi connectivity index (χ2n) is 5.26. The number of carbonyl (C=O) groups excluding carboxylic acids is 2. The number of aliphatic carboxylic acids is 1. The average molecular weight is 273 g/mol. The molecule has 0 saturated heterocycles. The molecule has 0 aliphatic carbocycles. The fraction of sp³-hybridized carbons (Fsp3) is 0.750. The van der Waals surface area contributed by atoms with E-state index in [0.717, 1.165) is 0 Å². The molecule has 0 unspecified atom stereocenters. The Kier molecular flexibility index (Phi) is 6.89. The molecule has 0 heterocycles. The molecule has 0 aromatic heterocycles. The van der Waals surface area contributed by atoms with Gasteiger partial charge in [0.05, 0.1) is 0 Å². The maximum atomic E-state index is 11.4. The third-order valence-electron chi connectivity index (χ3n) is 2.31. The van der Waals surface area contributed by atoms with Gasteiger partial charge in [0.1, 0.15) is 5.54 Å². The van der Waals surface area contributed by atoms with E-state index in [1.54, 1.807) is 0 Å². The van der Waals surface area contributed by atoms with Gasteiger partial charge in [-0.05, 0) is 19.8 Å². The van der Waals surface area contributed by atoms with Crippen molar-refractivity contribution < 1.29 is 19.5 Å². The van der Waals surface area contributed by atoms with Crippen LogP contribution in [-0.4, -0.2) is 41.6 Å². The Morgan fingerprint density at radius 2 is 1.74 bits per heavy atom. The molecule has 0 saturated carbocycles. The minimum Gasteiger partial charge on any atom is -0.480 e. The summed E-state index contributed by atoms with van der Waals surface area (Å²) in [6.07, 6.45) is 0.160. The lowest BCUT2D eigenvalue weighted by Gasteiger charge is -2.21. The van der Waals surface area contributed by atoms with Crippen LogP contribution in [0, 0.1) is 5.92 Å². The molecule has 0 aliphatic heterocycles. The fourth-order valence-electron chi connectivity index (χ4n) is 1.08. The van der Waals surface area contributed by atoms with Gasteiger partial charge in [-0.2, -0.15) is 0 Å². The summed E-state index contributed by atoms with van der Waals surface area (Å²) in [5, 5.41) is 16.3. The Morgan fingerprint density at radius 3 is 2.21 bits per heavy atom. The molecule has 110 valence electrons. The van der Waals surface area contributed by atoms with Gasteiger partial charge in [-0.1, -0.05) is 13.8 Å². The Labute approximate surface area is 113 Å². The smallest absolute Gasteiger partial charge is 0.328 e. The lowest BCUT2D eigenvalue weighted by atomic mass is 10.1. The van der Waals surface area contributed by atoms with Crippen molar-refractivity contribution in [3.63, 3.8) is 0 Å². The lowest BCUT2D eigenvalue weighted by molar-refractivity contribution is -0.142. The van der Waals surface area contributed by atoms with Crippen molar-refractivity contribution in [2.45, 2.75) is 39.7 Å². The van der Waals surface area contributed by atoms with Crippen molar-refractivity contribution in [2.24, 2.45) is 5.92 Å². The van der Waals surface area contributed by atoms with Crippen molar-refractivity contribution in [1.29, 1.82) is 0 Å². The van der Waals surface area contributed by atoms with Crippen molar-refractivity contribution >= 4 is 17.9 Å². The average Bonchev–Trinajstić information content (AvgIpc) is 2.25. The summed E-state index contributed by atoms with van der Waals surface area (Å²) in [4.78, 5) is 33.5. The first-order valence-corrected chi connectivity index (χ1v) is 6.21. The molecule has 0 rings (SSSR count). The highest BCUT2D eigenvalue weighted by Gasteiger charge is 2.28. The molecule has 7 nitrogen and oxygen atoms in total. The number of carboxylic acids is 1. The van der Waals surface area contributed by atoms with Crippen LogP contribution in [0.15, 0.2) is 0 Å². The van der Waals surface area contributed by atoms with Crippen molar-refractivity contribution in [2.75, 3.05) is 13.1 Å². The number of carboxylic acid groups (broad SMARTS) is 1. The zero-order chi connectivity index (χ0) is 15.1. The number of amides is 3. The van der Waals surface area contributed by atoms with Crippen LogP contribution in [0.1, 0.15) is 34.1 Å². The largest absolute Gasteiger partial charge is 0.480 e. The molecular weight excluding hydrogens is 250 g/mol. The minimum atomic E-state index is -1.34. The number of urea groups is 1. The van der Waals surface area contributed by atoms with Crippen LogP contribution in [0.3, 0.4) is 0 Å². The second kappa shape index (κ2) is 7.60. The van der Waals surface area contributed by atoms with Crippen molar-refractivity contribution in [1.82, 2.24) is 16.0 Å². The van der Waals surface area contributed by atoms with E-state index < -0.39 is 17.5 Å². The first-order valence-electron chi connectivity index (χ1n) is 6.21. The van der Waals surface area contributed by atoms with Gasteiger partial charge in [0.2, 0.25) is 5.91 Å². The first kappa shape index (κ1) is 17.2. The standard InChI is InChI=1S/C12H23N3O4/c1-8(2)7-14-9(16)5-6-13-11(19)15-12(3,4)10(17)18/h8H,5-7H2,1-4H3,(H,14,16)(H,17,18)(H2,13,15,19). The van der Waals surface area contributed by atoms with E-state index in [1.165, 1.54) is 13.8 Å². The predicted octanol–water partition coefficient (Wildman–Crippen LogP) is 0.311. The van der Waals surface area contributed by atoms with Crippen LogP contribution < -0.4 is 16.0 Å². The molecule has 0 bridgehead atoms. The summed E-state index contributed by atoms with van der Waals surface area (Å²) in [6.45, 7) is 7.48. The summed E-state index contributed by atoms with van der Waals surface area (Å²) in [6, 6.07) is -0.607. The highest BCUT2D eigenvalue weighted by Crippen LogP contribution is 2.00. The quantitative estimate of drug-likeness (QED) is 0.535. The zero-order valence-electron chi connectivity index (χ0n) is 11.9. The van der Waals surface area contributed by atoms with Gasteiger partial charge in [0.25, 0.3) is 0 Å². The van der Waals surface area contributed by atoms with Gasteiger partial charge < -0.3 is 21.1 Å². The Morgan fingerprint density at radius 1 is 1.16 bits per heavy atom. The molecule has 0 fully saturated rings. The highest BCUT2D eigenvalue weighted by molar-refractivity contribution is 5.85. The van der Waals surface area contributed by atoms with Gasteiger partial charge in [-0.3, -0.25) is 4.79 Å². The van der Waals surface area contributed by atoms with Crippen molar-refractivity contribution in [3.8, 4) is 0 Å². The molecule has 7 heteroatoms. The molecule has 0 aromatic carbocycles. The number of hydrogen-bond acceptors (Lipinski definition) is 3. The van der Waals surface area contributed by atoms with Gasteiger partial charge in [-0.25, -0.2) is 9.59 Å². The molecule has 0 spiro atoms. The van der Waals surface area contributed by atoms with Crippen molar-refractivity contribution in [3.05, 3.63) is 0 Å². The molecular formula is C12H23N3O4. The minimum absolute atomic E-state index is 0.147. The number of carbonyl (C=O) groups is 3. The normalized spacial score (nSPS) is 11.0. The second-order valence-corrected chi connectivity index (χ2v) is 5.26. The SMILES string of the molecule is CC(C)CNC(=O)CCNC(=O)NC(C)(C)C(=O)O. The van der Waals surface area contributed by atoms with Crippen LogP contribution in [-0.2, 0) is 9.59 Å². The van der Waals surface area contributed by atoms with Crippen LogP contribution in [0.4, 0.5) is 4.79 Å². The monoisotopic (exact) mass is 273 g/mol. The summed E-state index contributed by atoms with van der Waals surface area (Å²) in [5.74, 6) is -0.902. The number of hydrogen-bond donors (Lipinski definition) is 4. The molecule has 0 atom stereocenters. The van der Waals surface area contributed by atoms with Gasteiger partial charge in [0, 0.05) is 19.5 Å².